The van der Waals surface area contributed by atoms with E-state index in [4.69, 9.17) is 66.3 Å². The Morgan fingerprint density at radius 1 is 0.676 bits per heavy atom. The van der Waals surface area contributed by atoms with Crippen molar-refractivity contribution < 1.29 is 38.5 Å². The summed E-state index contributed by atoms with van der Waals surface area (Å²) < 4.78 is 15.5. The van der Waals surface area contributed by atoms with Crippen molar-refractivity contribution in [3.05, 3.63) is 126 Å². The Hall–Kier alpha value is -4.24. The first kappa shape index (κ1) is 60.6. The highest BCUT2D eigenvalue weighted by molar-refractivity contribution is 6.35. The summed E-state index contributed by atoms with van der Waals surface area (Å²) in [5.74, 6) is -0.147. The third-order valence-electron chi connectivity index (χ3n) is 14.2. The molecule has 4 unspecified atom stereocenters. The lowest BCUT2D eigenvalue weighted by atomic mass is 9.73. The number of rotatable bonds is 17. The van der Waals surface area contributed by atoms with Crippen LogP contribution in [0, 0.1) is 21.7 Å². The Labute approximate surface area is 458 Å². The van der Waals surface area contributed by atoms with Gasteiger partial charge in [-0.1, -0.05) is 98.4 Å². The lowest BCUT2D eigenvalue weighted by molar-refractivity contribution is -0.159. The monoisotopic (exact) mass is 1100 g/mol. The van der Waals surface area contributed by atoms with Gasteiger partial charge in [-0.25, -0.2) is 0 Å². The second kappa shape index (κ2) is 25.3. The van der Waals surface area contributed by atoms with Crippen molar-refractivity contribution in [2.45, 2.75) is 119 Å². The number of nitrogens with two attached hydrogens (primary N) is 1. The number of esters is 2. The zero-order valence-corrected chi connectivity index (χ0v) is 48.1. The average Bonchev–Trinajstić information content (AvgIpc) is 4.14. The number of nitrogens with one attached hydrogen (secondary N) is 1. The molecule has 0 spiro atoms. The van der Waals surface area contributed by atoms with Gasteiger partial charge < -0.3 is 40.2 Å². The fourth-order valence-electron chi connectivity index (χ4n) is 9.62. The minimum absolute atomic E-state index is 0.0240. The Bertz CT molecular complexity index is 2620. The molecule has 12 nitrogen and oxygen atoms in total. The van der Waals surface area contributed by atoms with E-state index in [1.165, 1.54) is 23.6 Å². The standard InChI is InChI=1S/C29H38Cl2N2O4.C16H16Cl2N2.C13H22O4/c1-18(34)28(2,3)17-29(4,5)27(36)37-16-22(35)13-32-21-9-7-19(8-10-21)24-14-33(6)15-25-23(24)11-20(30)12-26(25)31;1-20-8-14(10-2-4-12(19)5-3-10)13-6-11(17)7-16(18)15(13)9-20;1-9(14)12(2,3)8-13(4,5)11(15)17-7-10-6-16-10/h7-12,22,24,32,35H,13-17H2,1-6H3;2-7,14H,8-9,19H2,1H3;10H,6-8H2,1-5H3. The van der Waals surface area contributed by atoms with Crippen LogP contribution in [0.15, 0.2) is 72.8 Å². The molecule has 404 valence electrons. The van der Waals surface area contributed by atoms with E-state index in [9.17, 15) is 24.3 Å². The van der Waals surface area contributed by atoms with Crippen molar-refractivity contribution in [2.24, 2.45) is 21.7 Å². The van der Waals surface area contributed by atoms with Crippen molar-refractivity contribution in [3.63, 3.8) is 0 Å². The zero-order chi connectivity index (χ0) is 55.1. The maximum atomic E-state index is 12.6. The van der Waals surface area contributed by atoms with Gasteiger partial charge in [0, 0.05) is 86.9 Å². The summed E-state index contributed by atoms with van der Waals surface area (Å²) in [6.07, 6.45) is 0.0628. The Morgan fingerprint density at radius 2 is 1.08 bits per heavy atom. The first-order chi connectivity index (χ1) is 34.4. The molecule has 4 aromatic rings. The third kappa shape index (κ3) is 16.9. The topological polar surface area (TPSA) is 164 Å². The third-order valence-corrected chi connectivity index (χ3v) is 15.3. The number of aliphatic hydroxyl groups excluding tert-OH is 1. The molecule has 1 fully saturated rings. The Morgan fingerprint density at radius 3 is 1.49 bits per heavy atom. The van der Waals surface area contributed by atoms with Gasteiger partial charge in [-0.05, 0) is 150 Å². The quantitative estimate of drug-likeness (QED) is 0.0522. The fourth-order valence-corrected chi connectivity index (χ4v) is 10.8. The molecule has 0 aromatic heterocycles. The van der Waals surface area contributed by atoms with Gasteiger partial charge in [-0.15, -0.1) is 0 Å². The summed E-state index contributed by atoms with van der Waals surface area (Å²) in [4.78, 5) is 52.4. The minimum atomic E-state index is -0.872. The molecule has 3 aliphatic heterocycles. The van der Waals surface area contributed by atoms with E-state index in [2.05, 4.69) is 53.5 Å². The van der Waals surface area contributed by atoms with Gasteiger partial charge in [-0.2, -0.15) is 0 Å². The number of ether oxygens (including phenoxy) is 3. The van der Waals surface area contributed by atoms with Crippen LogP contribution in [0.25, 0.3) is 0 Å². The number of benzene rings is 4. The number of hydrogen-bond donors (Lipinski definition) is 3. The first-order valence-corrected chi connectivity index (χ1v) is 26.6. The number of anilines is 2. The van der Waals surface area contributed by atoms with E-state index in [1.807, 2.05) is 84.0 Å². The molecule has 0 saturated carbocycles. The summed E-state index contributed by atoms with van der Waals surface area (Å²) in [6.45, 7) is 22.1. The van der Waals surface area contributed by atoms with Crippen LogP contribution in [0.1, 0.15) is 127 Å². The maximum absolute atomic E-state index is 12.6. The normalized spacial score (nSPS) is 18.3. The molecule has 4 N–H and O–H groups in total. The Balaban J connectivity index is 0.000000229. The van der Waals surface area contributed by atoms with Crippen molar-refractivity contribution in [1.29, 1.82) is 0 Å². The number of halogens is 4. The van der Waals surface area contributed by atoms with E-state index >= 15 is 0 Å². The summed E-state index contributed by atoms with van der Waals surface area (Å²) in [5.41, 5.74) is 11.9. The van der Waals surface area contributed by atoms with Crippen molar-refractivity contribution in [2.75, 3.05) is 64.6 Å². The van der Waals surface area contributed by atoms with Crippen molar-refractivity contribution in [1.82, 2.24) is 9.80 Å². The number of hydrogen-bond acceptors (Lipinski definition) is 12. The van der Waals surface area contributed by atoms with Gasteiger partial charge in [0.1, 0.15) is 37.0 Å². The molecule has 3 heterocycles. The molecule has 1 saturated heterocycles. The number of aliphatic hydroxyl groups is 1. The number of nitrogens with zero attached hydrogens (tertiary/aromatic N) is 2. The van der Waals surface area contributed by atoms with Crippen LogP contribution in [-0.2, 0) is 46.5 Å². The summed E-state index contributed by atoms with van der Waals surface area (Å²) in [6, 6.07) is 23.8. The lowest BCUT2D eigenvalue weighted by Gasteiger charge is -2.33. The fraction of sp³-hybridized carbons (Fsp3) is 0.517. The molecule has 74 heavy (non-hydrogen) atoms. The van der Waals surface area contributed by atoms with Crippen LogP contribution >= 0.6 is 46.4 Å². The highest BCUT2D eigenvalue weighted by Crippen LogP contribution is 2.41. The number of carbonyl (C=O) groups is 4. The van der Waals surface area contributed by atoms with E-state index in [1.54, 1.807) is 26.8 Å². The second-order valence-corrected chi connectivity index (χ2v) is 24.6. The predicted molar refractivity (Wildman–Crippen MR) is 298 cm³/mol. The van der Waals surface area contributed by atoms with E-state index in [0.717, 1.165) is 59.3 Å². The number of fused-ring (bicyclic) bond motifs is 2. The lowest BCUT2D eigenvalue weighted by Crippen LogP contribution is -2.37. The van der Waals surface area contributed by atoms with Gasteiger partial charge >= 0.3 is 11.9 Å². The highest BCUT2D eigenvalue weighted by atomic mass is 35.5. The molecule has 4 aromatic carbocycles. The highest BCUT2D eigenvalue weighted by Gasteiger charge is 2.40. The van der Waals surface area contributed by atoms with Crippen molar-refractivity contribution >= 4 is 81.3 Å². The van der Waals surface area contributed by atoms with Crippen LogP contribution in [-0.4, -0.2) is 104 Å². The summed E-state index contributed by atoms with van der Waals surface area (Å²) in [7, 11) is 4.19. The smallest absolute Gasteiger partial charge is 0.311 e. The SMILES string of the molecule is CC(=O)C(C)(C)CC(C)(C)C(=O)OCC(O)CNc1ccc(C2CN(C)Cc3c(Cl)cc(Cl)cc32)cc1.CC(=O)C(C)(C)CC(C)(C)C(=O)OCC1CO1.CN1Cc2c(Cl)cc(Cl)cc2C(c2ccc(N)cc2)C1. The van der Waals surface area contributed by atoms with Crippen LogP contribution in [0.2, 0.25) is 20.1 Å². The number of carbonyl (C=O) groups excluding carboxylic acids is 4. The molecule has 0 aliphatic carbocycles. The van der Waals surface area contributed by atoms with Crippen LogP contribution in [0.3, 0.4) is 0 Å². The molecule has 4 atom stereocenters. The minimum Gasteiger partial charge on any atom is -0.462 e. The van der Waals surface area contributed by atoms with Crippen LogP contribution in [0.5, 0.6) is 0 Å². The number of epoxide rings is 1. The maximum Gasteiger partial charge on any atom is 0.311 e. The van der Waals surface area contributed by atoms with Gasteiger partial charge in [-0.3, -0.25) is 19.2 Å². The summed E-state index contributed by atoms with van der Waals surface area (Å²) >= 11 is 25.3. The molecular formula is C58H76Cl4N4O8. The van der Waals surface area contributed by atoms with Crippen LogP contribution < -0.4 is 11.1 Å². The molecule has 3 aliphatic rings. The second-order valence-electron chi connectivity index (χ2n) is 22.9. The summed E-state index contributed by atoms with van der Waals surface area (Å²) in [5, 5.41) is 16.3. The Kier molecular flexibility index (Phi) is 20.7. The zero-order valence-electron chi connectivity index (χ0n) is 45.1. The largest absolute Gasteiger partial charge is 0.462 e. The van der Waals surface area contributed by atoms with E-state index in [-0.39, 0.29) is 48.6 Å². The molecular weight excluding hydrogens is 1020 g/mol. The van der Waals surface area contributed by atoms with E-state index in [0.29, 0.717) is 41.1 Å². The van der Waals surface area contributed by atoms with Gasteiger partial charge in [0.05, 0.1) is 17.4 Å². The molecule has 7 rings (SSSR count). The van der Waals surface area contributed by atoms with E-state index < -0.39 is 33.7 Å². The van der Waals surface area contributed by atoms with Gasteiger partial charge in [0.25, 0.3) is 0 Å². The van der Waals surface area contributed by atoms with Crippen LogP contribution in [0.4, 0.5) is 11.4 Å². The molecule has 16 heteroatoms. The van der Waals surface area contributed by atoms with Gasteiger partial charge in [0.15, 0.2) is 0 Å². The number of Topliss-reactive ketones (excluding diaryl/α,β-unsaturated/α-hetero) is 2. The predicted octanol–water partition coefficient (Wildman–Crippen LogP) is 12.0. The molecule has 0 radical (unpaired) electrons. The first-order valence-electron chi connectivity index (χ1n) is 25.1. The molecule has 0 bridgehead atoms. The average molecular weight is 1100 g/mol. The van der Waals surface area contributed by atoms with Crippen molar-refractivity contribution in [3.8, 4) is 0 Å². The van der Waals surface area contributed by atoms with Gasteiger partial charge in [0.2, 0.25) is 0 Å². The number of ketones is 2. The molecule has 0 amide bonds. The number of nitrogen functional groups attached to an aromatic ring is 1. The number of likely N-dealkylation sites (N-methyl/N-ethyl adjacent to an activating group) is 2.